The number of aryl methyl sites for hydroxylation is 2. The van der Waals surface area contributed by atoms with Crippen LogP contribution in [0.15, 0.2) is 23.1 Å². The van der Waals surface area contributed by atoms with Crippen molar-refractivity contribution in [3.05, 3.63) is 29.3 Å². The van der Waals surface area contributed by atoms with Gasteiger partial charge in [0.25, 0.3) is 0 Å². The molecule has 3 heteroatoms. The predicted octanol–water partition coefficient (Wildman–Crippen LogP) is 3.02. The second-order valence-electron chi connectivity index (χ2n) is 4.65. The van der Waals surface area contributed by atoms with E-state index in [0.29, 0.717) is 5.75 Å². The van der Waals surface area contributed by atoms with Gasteiger partial charge in [0.2, 0.25) is 5.91 Å². The van der Waals surface area contributed by atoms with E-state index in [1.165, 1.54) is 28.9 Å². The second kappa shape index (κ2) is 5.58. The molecule has 1 amide bonds. The summed E-state index contributed by atoms with van der Waals surface area (Å²) < 4.78 is 0. The van der Waals surface area contributed by atoms with Gasteiger partial charge in [-0.1, -0.05) is 17.7 Å². The molecule has 2 nitrogen and oxygen atoms in total. The highest BCUT2D eigenvalue weighted by molar-refractivity contribution is 8.00. The van der Waals surface area contributed by atoms with Gasteiger partial charge in [-0.25, -0.2) is 0 Å². The van der Waals surface area contributed by atoms with Crippen LogP contribution in [-0.2, 0) is 4.79 Å². The van der Waals surface area contributed by atoms with Crippen LogP contribution in [0.4, 0.5) is 0 Å². The van der Waals surface area contributed by atoms with Crippen LogP contribution >= 0.6 is 11.8 Å². The minimum atomic E-state index is 0.285. The molecule has 1 saturated heterocycles. The Morgan fingerprint density at radius 2 is 2.00 bits per heavy atom. The van der Waals surface area contributed by atoms with Gasteiger partial charge < -0.3 is 4.90 Å². The summed E-state index contributed by atoms with van der Waals surface area (Å²) in [5, 5.41) is 0. The highest BCUT2D eigenvalue weighted by atomic mass is 32.2. The molecule has 17 heavy (non-hydrogen) atoms. The molecule has 1 heterocycles. The zero-order valence-corrected chi connectivity index (χ0v) is 11.3. The molecule has 0 N–H and O–H groups in total. The molecule has 0 radical (unpaired) electrons. The summed E-state index contributed by atoms with van der Waals surface area (Å²) in [4.78, 5) is 15.1. The Bertz CT molecular complexity index is 411. The monoisotopic (exact) mass is 249 g/mol. The van der Waals surface area contributed by atoms with Gasteiger partial charge >= 0.3 is 0 Å². The number of nitrogens with zero attached hydrogens (tertiary/aromatic N) is 1. The Labute approximate surface area is 107 Å². The number of likely N-dealkylation sites (tertiary alicyclic amines) is 1. The summed E-state index contributed by atoms with van der Waals surface area (Å²) in [6, 6.07) is 6.39. The summed E-state index contributed by atoms with van der Waals surface area (Å²) in [5.74, 6) is 0.858. The third-order valence-electron chi connectivity index (χ3n) is 3.14. The normalized spacial score (nSPS) is 15.3. The third-order valence-corrected chi connectivity index (χ3v) is 4.30. The number of amides is 1. The minimum Gasteiger partial charge on any atom is -0.342 e. The first kappa shape index (κ1) is 12.5. The number of hydrogen-bond donors (Lipinski definition) is 0. The van der Waals surface area contributed by atoms with Crippen molar-refractivity contribution in [3.8, 4) is 0 Å². The molecule has 1 fully saturated rings. The van der Waals surface area contributed by atoms with Crippen molar-refractivity contribution in [2.45, 2.75) is 31.6 Å². The van der Waals surface area contributed by atoms with E-state index in [4.69, 9.17) is 0 Å². The average molecular weight is 249 g/mol. The molecular weight excluding hydrogens is 230 g/mol. The molecule has 0 aromatic heterocycles. The molecule has 1 aromatic rings. The fourth-order valence-electron chi connectivity index (χ4n) is 2.16. The number of carbonyl (C=O) groups is 1. The van der Waals surface area contributed by atoms with Gasteiger partial charge in [0.15, 0.2) is 0 Å². The Balaban J connectivity index is 1.90. The lowest BCUT2D eigenvalue weighted by atomic mass is 10.2. The lowest BCUT2D eigenvalue weighted by molar-refractivity contribution is -0.127. The lowest BCUT2D eigenvalue weighted by Crippen LogP contribution is -2.29. The molecule has 0 saturated carbocycles. The highest BCUT2D eigenvalue weighted by Crippen LogP contribution is 2.24. The zero-order valence-electron chi connectivity index (χ0n) is 10.5. The number of hydrogen-bond acceptors (Lipinski definition) is 2. The van der Waals surface area contributed by atoms with Crippen LogP contribution in [0, 0.1) is 13.8 Å². The van der Waals surface area contributed by atoms with E-state index >= 15 is 0 Å². The first-order chi connectivity index (χ1) is 8.16. The zero-order chi connectivity index (χ0) is 12.3. The third kappa shape index (κ3) is 3.25. The number of thioether (sulfide) groups is 1. The molecule has 1 aliphatic heterocycles. The van der Waals surface area contributed by atoms with Crippen LogP contribution in [0.3, 0.4) is 0 Å². The van der Waals surface area contributed by atoms with Crippen molar-refractivity contribution in [3.63, 3.8) is 0 Å². The second-order valence-corrected chi connectivity index (χ2v) is 5.66. The fourth-order valence-corrected chi connectivity index (χ4v) is 3.07. The van der Waals surface area contributed by atoms with E-state index < -0.39 is 0 Å². The minimum absolute atomic E-state index is 0.285. The Kier molecular flexibility index (Phi) is 4.11. The first-order valence-corrected chi connectivity index (χ1v) is 7.13. The smallest absolute Gasteiger partial charge is 0.232 e. The number of benzene rings is 1. The summed E-state index contributed by atoms with van der Waals surface area (Å²) in [7, 11) is 0. The van der Waals surface area contributed by atoms with Crippen LogP contribution < -0.4 is 0 Å². The topological polar surface area (TPSA) is 20.3 Å². The number of rotatable bonds is 3. The molecule has 2 rings (SSSR count). The highest BCUT2D eigenvalue weighted by Gasteiger charge is 2.17. The summed E-state index contributed by atoms with van der Waals surface area (Å²) in [6.07, 6.45) is 2.33. The van der Waals surface area contributed by atoms with Gasteiger partial charge in [-0.3, -0.25) is 4.79 Å². The molecule has 1 aromatic carbocycles. The molecule has 0 spiro atoms. The van der Waals surface area contributed by atoms with Crippen molar-refractivity contribution in [1.29, 1.82) is 0 Å². The summed E-state index contributed by atoms with van der Waals surface area (Å²) >= 11 is 1.66. The fraction of sp³-hybridized carbons (Fsp3) is 0.500. The maximum absolute atomic E-state index is 11.9. The van der Waals surface area contributed by atoms with E-state index in [1.807, 2.05) is 4.90 Å². The van der Waals surface area contributed by atoms with Crippen molar-refractivity contribution in [2.24, 2.45) is 0 Å². The van der Waals surface area contributed by atoms with E-state index in [9.17, 15) is 4.79 Å². The largest absolute Gasteiger partial charge is 0.342 e. The van der Waals surface area contributed by atoms with E-state index in [-0.39, 0.29) is 5.91 Å². The average Bonchev–Trinajstić information content (AvgIpc) is 2.81. The lowest BCUT2D eigenvalue weighted by Gasteiger charge is -2.15. The number of carbonyl (C=O) groups excluding carboxylic acids is 1. The maximum Gasteiger partial charge on any atom is 0.232 e. The molecule has 0 atom stereocenters. The van der Waals surface area contributed by atoms with Gasteiger partial charge in [0, 0.05) is 18.0 Å². The van der Waals surface area contributed by atoms with Crippen molar-refractivity contribution >= 4 is 17.7 Å². The van der Waals surface area contributed by atoms with Crippen LogP contribution in [0.5, 0.6) is 0 Å². The SMILES string of the molecule is Cc1ccc(SCC(=O)N2CCCC2)c(C)c1. The molecule has 1 aliphatic rings. The van der Waals surface area contributed by atoms with Crippen molar-refractivity contribution < 1.29 is 4.79 Å². The van der Waals surface area contributed by atoms with E-state index in [0.717, 1.165) is 13.1 Å². The molecule has 92 valence electrons. The van der Waals surface area contributed by atoms with Gasteiger partial charge in [0.05, 0.1) is 5.75 Å². The van der Waals surface area contributed by atoms with E-state index in [1.54, 1.807) is 11.8 Å². The van der Waals surface area contributed by atoms with Crippen molar-refractivity contribution in [2.75, 3.05) is 18.8 Å². The van der Waals surface area contributed by atoms with Gasteiger partial charge in [-0.15, -0.1) is 11.8 Å². The van der Waals surface area contributed by atoms with E-state index in [2.05, 4.69) is 32.0 Å². The van der Waals surface area contributed by atoms with Crippen LogP contribution in [-0.4, -0.2) is 29.6 Å². The maximum atomic E-state index is 11.9. The molecule has 0 unspecified atom stereocenters. The Morgan fingerprint density at radius 1 is 1.29 bits per heavy atom. The molecular formula is C14H19NOS. The summed E-state index contributed by atoms with van der Waals surface area (Å²) in [6.45, 7) is 6.10. The summed E-state index contributed by atoms with van der Waals surface area (Å²) in [5.41, 5.74) is 2.54. The van der Waals surface area contributed by atoms with Gasteiger partial charge in [-0.2, -0.15) is 0 Å². The van der Waals surface area contributed by atoms with Crippen LogP contribution in [0.2, 0.25) is 0 Å². The first-order valence-electron chi connectivity index (χ1n) is 6.14. The Morgan fingerprint density at radius 3 is 2.65 bits per heavy atom. The molecule has 0 bridgehead atoms. The molecule has 0 aliphatic carbocycles. The van der Waals surface area contributed by atoms with Crippen LogP contribution in [0.1, 0.15) is 24.0 Å². The van der Waals surface area contributed by atoms with Gasteiger partial charge in [0.1, 0.15) is 0 Å². The predicted molar refractivity (Wildman–Crippen MR) is 72.5 cm³/mol. The Hall–Kier alpha value is -0.960. The van der Waals surface area contributed by atoms with Gasteiger partial charge in [-0.05, 0) is 38.3 Å². The standard InChI is InChI=1S/C14H19NOS/c1-11-5-6-13(12(2)9-11)17-10-14(16)15-7-3-4-8-15/h5-6,9H,3-4,7-8,10H2,1-2H3. The quantitative estimate of drug-likeness (QED) is 0.767. The van der Waals surface area contributed by atoms with Crippen molar-refractivity contribution in [1.82, 2.24) is 4.90 Å². The van der Waals surface area contributed by atoms with Crippen LogP contribution in [0.25, 0.3) is 0 Å².